The van der Waals surface area contributed by atoms with Crippen molar-refractivity contribution in [2.45, 2.75) is 39.2 Å². The molecular weight excluding hydrogens is 410 g/mol. The average molecular weight is 435 g/mol. The van der Waals surface area contributed by atoms with Crippen molar-refractivity contribution in [3.8, 4) is 11.5 Å². The molecule has 0 unspecified atom stereocenters. The minimum Gasteiger partial charge on any atom is -0.462 e. The molecule has 0 amide bonds. The molecular formula is C25H25NO6. The van der Waals surface area contributed by atoms with Gasteiger partial charge in [0.1, 0.15) is 11.5 Å². The molecule has 1 aliphatic heterocycles. The maximum atomic E-state index is 12.2. The summed E-state index contributed by atoms with van der Waals surface area (Å²) in [5, 5.41) is 3.57. The Morgan fingerprint density at radius 3 is 2.50 bits per heavy atom. The summed E-state index contributed by atoms with van der Waals surface area (Å²) in [5.74, 6) is -0.317. The number of fused-ring (bicyclic) bond motifs is 3. The fraction of sp³-hybridized carbons (Fsp3) is 0.320. The molecule has 2 aliphatic rings. The lowest BCUT2D eigenvalue weighted by Gasteiger charge is -2.38. The molecule has 0 aromatic heterocycles. The molecule has 2 aromatic rings. The number of esters is 3. The number of rotatable bonds is 5. The highest BCUT2D eigenvalue weighted by Gasteiger charge is 2.39. The molecule has 1 heterocycles. The van der Waals surface area contributed by atoms with Gasteiger partial charge in [-0.25, -0.2) is 4.79 Å². The molecule has 1 N–H and O–H groups in total. The molecule has 7 heteroatoms. The van der Waals surface area contributed by atoms with Crippen molar-refractivity contribution in [2.75, 3.05) is 11.9 Å². The molecule has 3 atom stereocenters. The highest BCUT2D eigenvalue weighted by Crippen LogP contribution is 2.51. The van der Waals surface area contributed by atoms with E-state index in [1.165, 1.54) is 13.8 Å². The van der Waals surface area contributed by atoms with Crippen LogP contribution in [-0.4, -0.2) is 24.5 Å². The molecule has 0 saturated carbocycles. The molecule has 7 nitrogen and oxygen atoms in total. The SMILES string of the molecule is CCOC(=O)c1ccc2c(c1)[C@@H]1C=CC[C@@H]1[C@@H](c1ccc(OC(C)=O)cc1OC(C)=O)N2. The number of nitrogens with one attached hydrogen (secondary N) is 1. The van der Waals surface area contributed by atoms with Gasteiger partial charge in [-0.05, 0) is 55.2 Å². The first kappa shape index (κ1) is 21.6. The van der Waals surface area contributed by atoms with Crippen LogP contribution in [0.15, 0.2) is 48.6 Å². The van der Waals surface area contributed by atoms with Crippen LogP contribution < -0.4 is 14.8 Å². The Labute approximate surface area is 186 Å². The first-order valence-electron chi connectivity index (χ1n) is 10.6. The Kier molecular flexibility index (Phi) is 5.99. The third-order valence-electron chi connectivity index (χ3n) is 5.71. The molecule has 1 aliphatic carbocycles. The van der Waals surface area contributed by atoms with Gasteiger partial charge in [0.05, 0.1) is 18.2 Å². The first-order valence-corrected chi connectivity index (χ1v) is 10.6. The van der Waals surface area contributed by atoms with Crippen molar-refractivity contribution in [3.05, 3.63) is 65.2 Å². The van der Waals surface area contributed by atoms with Crippen LogP contribution in [0, 0.1) is 5.92 Å². The van der Waals surface area contributed by atoms with Gasteiger partial charge >= 0.3 is 17.9 Å². The van der Waals surface area contributed by atoms with Crippen molar-refractivity contribution in [1.82, 2.24) is 0 Å². The maximum absolute atomic E-state index is 12.2. The van der Waals surface area contributed by atoms with Gasteiger partial charge in [-0.2, -0.15) is 0 Å². The van der Waals surface area contributed by atoms with Crippen LogP contribution in [0.3, 0.4) is 0 Å². The molecule has 4 rings (SSSR count). The van der Waals surface area contributed by atoms with Crippen molar-refractivity contribution in [2.24, 2.45) is 5.92 Å². The molecule has 0 bridgehead atoms. The summed E-state index contributed by atoms with van der Waals surface area (Å²) >= 11 is 0. The fourth-order valence-corrected chi connectivity index (χ4v) is 4.49. The van der Waals surface area contributed by atoms with E-state index in [-0.39, 0.29) is 23.8 Å². The molecule has 0 saturated heterocycles. The van der Waals surface area contributed by atoms with Gasteiger partial charge in [0.25, 0.3) is 0 Å². The lowest BCUT2D eigenvalue weighted by atomic mass is 9.76. The highest BCUT2D eigenvalue weighted by atomic mass is 16.5. The van der Waals surface area contributed by atoms with Crippen LogP contribution in [0.25, 0.3) is 0 Å². The number of hydrogen-bond donors (Lipinski definition) is 1. The van der Waals surface area contributed by atoms with E-state index in [2.05, 4.69) is 17.5 Å². The highest BCUT2D eigenvalue weighted by molar-refractivity contribution is 5.90. The fourth-order valence-electron chi connectivity index (χ4n) is 4.49. The van der Waals surface area contributed by atoms with Crippen LogP contribution in [-0.2, 0) is 14.3 Å². The van der Waals surface area contributed by atoms with Crippen LogP contribution in [0.5, 0.6) is 11.5 Å². The minimum absolute atomic E-state index is 0.101. The van der Waals surface area contributed by atoms with Crippen molar-refractivity contribution in [3.63, 3.8) is 0 Å². The zero-order valence-corrected chi connectivity index (χ0v) is 18.2. The second-order valence-corrected chi connectivity index (χ2v) is 7.88. The number of anilines is 1. The molecule has 0 fully saturated rings. The largest absolute Gasteiger partial charge is 0.462 e. The average Bonchev–Trinajstić information content (AvgIpc) is 3.23. The predicted molar refractivity (Wildman–Crippen MR) is 118 cm³/mol. The van der Waals surface area contributed by atoms with Gasteiger partial charge in [0.2, 0.25) is 0 Å². The van der Waals surface area contributed by atoms with Gasteiger partial charge in [-0.3, -0.25) is 9.59 Å². The molecule has 0 spiro atoms. The van der Waals surface area contributed by atoms with E-state index in [1.54, 1.807) is 25.1 Å². The number of benzene rings is 2. The monoisotopic (exact) mass is 435 g/mol. The summed E-state index contributed by atoms with van der Waals surface area (Å²) in [6.45, 7) is 4.76. The zero-order valence-electron chi connectivity index (χ0n) is 18.2. The van der Waals surface area contributed by atoms with Gasteiger partial charge in [0.15, 0.2) is 0 Å². The minimum atomic E-state index is -0.456. The Morgan fingerprint density at radius 2 is 1.78 bits per heavy atom. The van der Waals surface area contributed by atoms with Crippen molar-refractivity contribution < 1.29 is 28.6 Å². The van der Waals surface area contributed by atoms with Gasteiger partial charge < -0.3 is 19.5 Å². The Hall–Kier alpha value is -3.61. The number of allylic oxidation sites excluding steroid dienone is 2. The quantitative estimate of drug-likeness (QED) is 0.419. The number of ether oxygens (including phenoxy) is 3. The summed E-state index contributed by atoms with van der Waals surface area (Å²) in [6, 6.07) is 10.5. The van der Waals surface area contributed by atoms with Gasteiger partial charge in [-0.15, -0.1) is 0 Å². The Balaban J connectivity index is 1.72. The standard InChI is InChI=1S/C25H25NO6/c1-4-30-25(29)16-8-11-22-21(12-16)18-6-5-7-19(18)24(26-22)20-10-9-17(31-14(2)27)13-23(20)32-15(3)28/h5-6,8-13,18-19,24,26H,4,7H2,1-3H3/t18-,19+,24+/m1/s1. The number of carbonyl (C=O) groups is 3. The Bertz CT molecular complexity index is 1110. The van der Waals surface area contributed by atoms with E-state index in [4.69, 9.17) is 14.2 Å². The number of hydrogen-bond acceptors (Lipinski definition) is 7. The topological polar surface area (TPSA) is 90.9 Å². The Morgan fingerprint density at radius 1 is 1.00 bits per heavy atom. The smallest absolute Gasteiger partial charge is 0.338 e. The van der Waals surface area contributed by atoms with Crippen LogP contribution in [0.2, 0.25) is 0 Å². The summed E-state index contributed by atoms with van der Waals surface area (Å²) in [5.41, 5.74) is 3.27. The normalized spacial score (nSPS) is 20.5. The van der Waals surface area contributed by atoms with E-state index in [9.17, 15) is 14.4 Å². The van der Waals surface area contributed by atoms with Gasteiger partial charge in [0, 0.05) is 37.1 Å². The van der Waals surface area contributed by atoms with Gasteiger partial charge in [-0.1, -0.05) is 12.2 Å². The zero-order chi connectivity index (χ0) is 22.8. The lowest BCUT2D eigenvalue weighted by Crippen LogP contribution is -2.30. The van der Waals surface area contributed by atoms with E-state index in [1.807, 2.05) is 18.2 Å². The molecule has 166 valence electrons. The van der Waals surface area contributed by atoms with Crippen LogP contribution in [0.1, 0.15) is 60.6 Å². The van der Waals surface area contributed by atoms with Crippen molar-refractivity contribution >= 4 is 23.6 Å². The molecule has 2 aromatic carbocycles. The van der Waals surface area contributed by atoms with E-state index < -0.39 is 11.9 Å². The van der Waals surface area contributed by atoms with Crippen LogP contribution >= 0.6 is 0 Å². The predicted octanol–water partition coefficient (Wildman–Crippen LogP) is 4.54. The van der Waals surface area contributed by atoms with E-state index >= 15 is 0 Å². The van der Waals surface area contributed by atoms with E-state index in [0.29, 0.717) is 23.7 Å². The second-order valence-electron chi connectivity index (χ2n) is 7.88. The third kappa shape index (κ3) is 4.23. The third-order valence-corrected chi connectivity index (χ3v) is 5.71. The van der Waals surface area contributed by atoms with Crippen molar-refractivity contribution in [1.29, 1.82) is 0 Å². The molecule has 0 radical (unpaired) electrons. The first-order chi connectivity index (χ1) is 15.4. The lowest BCUT2D eigenvalue weighted by molar-refractivity contribution is -0.132. The summed E-state index contributed by atoms with van der Waals surface area (Å²) in [4.78, 5) is 35.3. The van der Waals surface area contributed by atoms with Crippen LogP contribution in [0.4, 0.5) is 5.69 Å². The second kappa shape index (κ2) is 8.86. The molecule has 32 heavy (non-hydrogen) atoms. The summed E-state index contributed by atoms with van der Waals surface area (Å²) in [6.07, 6.45) is 5.12. The van der Waals surface area contributed by atoms with E-state index in [0.717, 1.165) is 23.2 Å². The maximum Gasteiger partial charge on any atom is 0.338 e. The number of carbonyl (C=O) groups excluding carboxylic acids is 3. The summed E-state index contributed by atoms with van der Waals surface area (Å²) in [7, 11) is 0. The summed E-state index contributed by atoms with van der Waals surface area (Å²) < 4.78 is 15.8.